The van der Waals surface area contributed by atoms with Crippen LogP contribution in [0.1, 0.15) is 40.5 Å². The molecule has 2 nitrogen and oxygen atoms in total. The fourth-order valence-electron chi connectivity index (χ4n) is 2.51. The monoisotopic (exact) mass is 182 g/mol. The van der Waals surface area contributed by atoms with Crippen molar-refractivity contribution >= 4 is 5.84 Å². The highest BCUT2D eigenvalue weighted by molar-refractivity contribution is 5.82. The van der Waals surface area contributed by atoms with E-state index in [0.717, 1.165) is 12.3 Å². The van der Waals surface area contributed by atoms with E-state index < -0.39 is 0 Å². The smallest absolute Gasteiger partial charge is 0.0987 e. The molecule has 1 aliphatic heterocycles. The number of amidine groups is 1. The molecule has 0 unspecified atom stereocenters. The molecular formula is C11H22N2. The zero-order valence-corrected chi connectivity index (χ0v) is 9.59. The van der Waals surface area contributed by atoms with Crippen molar-refractivity contribution in [2.75, 3.05) is 13.6 Å². The summed E-state index contributed by atoms with van der Waals surface area (Å²) in [4.78, 5) is 6.83. The fraction of sp³-hybridized carbons (Fsp3) is 0.909. The van der Waals surface area contributed by atoms with Gasteiger partial charge in [-0.05, 0) is 26.2 Å². The van der Waals surface area contributed by atoms with E-state index in [9.17, 15) is 0 Å². The molecule has 0 radical (unpaired) electrons. The van der Waals surface area contributed by atoms with Crippen LogP contribution in [0.25, 0.3) is 0 Å². The third-order valence-electron chi connectivity index (χ3n) is 2.96. The second-order valence-corrected chi connectivity index (χ2v) is 4.73. The minimum absolute atomic E-state index is 0.310. The van der Waals surface area contributed by atoms with E-state index in [1.54, 1.807) is 0 Å². The second-order valence-electron chi connectivity index (χ2n) is 4.73. The van der Waals surface area contributed by atoms with Crippen molar-refractivity contribution in [2.45, 2.75) is 46.1 Å². The van der Waals surface area contributed by atoms with Crippen LogP contribution in [0, 0.1) is 5.92 Å². The molecule has 1 atom stereocenters. The summed E-state index contributed by atoms with van der Waals surface area (Å²) in [5.74, 6) is 2.06. The van der Waals surface area contributed by atoms with Crippen LogP contribution in [0.4, 0.5) is 0 Å². The SMILES string of the molecule is CC/C(=N\C)N1C[C@@H](C)CC1(C)C. The normalized spacial score (nSPS) is 28.2. The van der Waals surface area contributed by atoms with Crippen LogP contribution in [0.5, 0.6) is 0 Å². The van der Waals surface area contributed by atoms with E-state index in [1.807, 2.05) is 7.05 Å². The lowest BCUT2D eigenvalue weighted by molar-refractivity contribution is 0.277. The predicted molar refractivity (Wildman–Crippen MR) is 58.2 cm³/mol. The molecule has 0 amide bonds. The number of hydrogen-bond donors (Lipinski definition) is 0. The van der Waals surface area contributed by atoms with Gasteiger partial charge in [-0.25, -0.2) is 0 Å². The summed E-state index contributed by atoms with van der Waals surface area (Å²) in [6, 6.07) is 0. The fourth-order valence-corrected chi connectivity index (χ4v) is 2.51. The minimum Gasteiger partial charge on any atom is -0.355 e. The Balaban J connectivity index is 2.80. The molecule has 0 bridgehead atoms. The first-order valence-corrected chi connectivity index (χ1v) is 5.24. The Labute approximate surface area is 82.0 Å². The van der Waals surface area contributed by atoms with E-state index >= 15 is 0 Å². The summed E-state index contributed by atoms with van der Waals surface area (Å²) in [5, 5.41) is 0. The van der Waals surface area contributed by atoms with Gasteiger partial charge in [-0.15, -0.1) is 0 Å². The zero-order chi connectivity index (χ0) is 10.1. The van der Waals surface area contributed by atoms with E-state index in [2.05, 4.69) is 37.6 Å². The molecule has 0 aromatic carbocycles. The summed E-state index contributed by atoms with van der Waals surface area (Å²) < 4.78 is 0. The Morgan fingerprint density at radius 1 is 1.54 bits per heavy atom. The van der Waals surface area contributed by atoms with Gasteiger partial charge in [-0.3, -0.25) is 4.99 Å². The number of likely N-dealkylation sites (tertiary alicyclic amines) is 1. The van der Waals surface area contributed by atoms with Crippen molar-refractivity contribution in [1.82, 2.24) is 4.90 Å². The van der Waals surface area contributed by atoms with Gasteiger partial charge in [0.2, 0.25) is 0 Å². The summed E-state index contributed by atoms with van der Waals surface area (Å²) in [7, 11) is 1.90. The Morgan fingerprint density at radius 2 is 2.15 bits per heavy atom. The first-order valence-electron chi connectivity index (χ1n) is 5.24. The maximum Gasteiger partial charge on any atom is 0.0987 e. The van der Waals surface area contributed by atoms with Crippen LogP contribution < -0.4 is 0 Å². The molecule has 0 aromatic rings. The first kappa shape index (κ1) is 10.6. The molecule has 1 fully saturated rings. The Bertz CT molecular complexity index is 206. The first-order chi connectivity index (χ1) is 6.01. The molecule has 0 aromatic heterocycles. The van der Waals surface area contributed by atoms with Crippen LogP contribution >= 0.6 is 0 Å². The average molecular weight is 182 g/mol. The van der Waals surface area contributed by atoms with Crippen LogP contribution in [0.3, 0.4) is 0 Å². The largest absolute Gasteiger partial charge is 0.355 e. The second kappa shape index (κ2) is 3.69. The average Bonchev–Trinajstić information content (AvgIpc) is 2.28. The highest BCUT2D eigenvalue weighted by atomic mass is 15.3. The summed E-state index contributed by atoms with van der Waals surface area (Å²) >= 11 is 0. The van der Waals surface area contributed by atoms with Gasteiger partial charge >= 0.3 is 0 Å². The Morgan fingerprint density at radius 3 is 2.46 bits per heavy atom. The third kappa shape index (κ3) is 2.04. The third-order valence-corrected chi connectivity index (χ3v) is 2.96. The van der Waals surface area contributed by atoms with Crippen molar-refractivity contribution in [3.63, 3.8) is 0 Å². The predicted octanol–water partition coefficient (Wildman–Crippen LogP) is 2.55. The number of aliphatic imine (C=N–C) groups is 1. The molecule has 1 aliphatic rings. The quantitative estimate of drug-likeness (QED) is 0.449. The van der Waals surface area contributed by atoms with Crippen LogP contribution in [0.2, 0.25) is 0 Å². The van der Waals surface area contributed by atoms with Crippen LogP contribution in [-0.2, 0) is 0 Å². The van der Waals surface area contributed by atoms with E-state index in [4.69, 9.17) is 0 Å². The summed E-state index contributed by atoms with van der Waals surface area (Å²) in [5.41, 5.74) is 0.310. The summed E-state index contributed by atoms with van der Waals surface area (Å²) in [6.07, 6.45) is 2.33. The summed E-state index contributed by atoms with van der Waals surface area (Å²) in [6.45, 7) is 10.3. The molecule has 76 valence electrons. The standard InChI is InChI=1S/C11H22N2/c1-6-10(12-5)13-8-9(2)7-11(13,3)4/h9H,6-8H2,1-5H3/b12-10+/t9-/m0/s1. The number of hydrogen-bond acceptors (Lipinski definition) is 1. The van der Waals surface area contributed by atoms with Crippen molar-refractivity contribution in [1.29, 1.82) is 0 Å². The molecule has 0 saturated carbocycles. The highest BCUT2D eigenvalue weighted by Crippen LogP contribution is 2.32. The topological polar surface area (TPSA) is 15.6 Å². The highest BCUT2D eigenvalue weighted by Gasteiger charge is 2.37. The molecule has 13 heavy (non-hydrogen) atoms. The molecule has 0 N–H and O–H groups in total. The maximum absolute atomic E-state index is 4.36. The molecule has 0 aliphatic carbocycles. The zero-order valence-electron chi connectivity index (χ0n) is 9.59. The molecule has 0 spiro atoms. The van der Waals surface area contributed by atoms with Crippen molar-refractivity contribution in [2.24, 2.45) is 10.9 Å². The Hall–Kier alpha value is -0.530. The van der Waals surface area contributed by atoms with Gasteiger partial charge in [0.05, 0.1) is 5.84 Å². The molecule has 1 saturated heterocycles. The van der Waals surface area contributed by atoms with E-state index in [1.165, 1.54) is 18.8 Å². The van der Waals surface area contributed by atoms with Gasteiger partial charge in [-0.2, -0.15) is 0 Å². The molecule has 1 heterocycles. The lowest BCUT2D eigenvalue weighted by Crippen LogP contribution is -2.42. The Kier molecular flexibility index (Phi) is 2.99. The van der Waals surface area contributed by atoms with Gasteiger partial charge in [-0.1, -0.05) is 13.8 Å². The van der Waals surface area contributed by atoms with Gasteiger partial charge < -0.3 is 4.90 Å². The van der Waals surface area contributed by atoms with E-state index in [-0.39, 0.29) is 0 Å². The lowest BCUT2D eigenvalue weighted by Gasteiger charge is -2.34. The number of nitrogens with zero attached hydrogens (tertiary/aromatic N) is 2. The maximum atomic E-state index is 4.36. The van der Waals surface area contributed by atoms with Gasteiger partial charge in [0.1, 0.15) is 0 Å². The minimum atomic E-state index is 0.310. The molecular weight excluding hydrogens is 160 g/mol. The van der Waals surface area contributed by atoms with Gasteiger partial charge in [0.15, 0.2) is 0 Å². The van der Waals surface area contributed by atoms with Gasteiger partial charge in [0.25, 0.3) is 0 Å². The lowest BCUT2D eigenvalue weighted by atomic mass is 9.97. The van der Waals surface area contributed by atoms with Crippen molar-refractivity contribution in [3.05, 3.63) is 0 Å². The van der Waals surface area contributed by atoms with Crippen LogP contribution in [-0.4, -0.2) is 29.9 Å². The molecule has 1 rings (SSSR count). The molecule has 2 heteroatoms. The van der Waals surface area contributed by atoms with Gasteiger partial charge in [0, 0.05) is 25.6 Å². The van der Waals surface area contributed by atoms with E-state index in [0.29, 0.717) is 5.54 Å². The van der Waals surface area contributed by atoms with Crippen molar-refractivity contribution in [3.8, 4) is 0 Å². The number of rotatable bonds is 1. The van der Waals surface area contributed by atoms with Crippen LogP contribution in [0.15, 0.2) is 4.99 Å². The van der Waals surface area contributed by atoms with Crippen molar-refractivity contribution < 1.29 is 0 Å².